The lowest BCUT2D eigenvalue weighted by atomic mass is 10.3. The number of H-pyrrole nitrogens is 1. The summed E-state index contributed by atoms with van der Waals surface area (Å²) in [5.74, 6) is -0.423. The van der Waals surface area contributed by atoms with Crippen LogP contribution >= 0.6 is 27.3 Å². The predicted octanol–water partition coefficient (Wildman–Crippen LogP) is 2.42. The molecule has 0 unspecified atom stereocenters. The van der Waals surface area contributed by atoms with Crippen LogP contribution < -0.4 is 21.9 Å². The number of nitrogens with two attached hydrogens (primary N) is 1. The van der Waals surface area contributed by atoms with Gasteiger partial charge in [0.2, 0.25) is 0 Å². The monoisotopic (exact) mass is 426 g/mol. The Morgan fingerprint density at radius 1 is 1.44 bits per heavy atom. The zero-order valence-electron chi connectivity index (χ0n) is 13.9. The van der Waals surface area contributed by atoms with Gasteiger partial charge in [-0.15, -0.1) is 11.3 Å². The average molecular weight is 427 g/mol. The minimum atomic E-state index is -0.682. The molecule has 9 heteroatoms. The maximum atomic E-state index is 12.4. The van der Waals surface area contributed by atoms with Crippen molar-refractivity contribution in [1.29, 1.82) is 0 Å². The summed E-state index contributed by atoms with van der Waals surface area (Å²) in [7, 11) is 1.45. The number of thiophene rings is 1. The minimum absolute atomic E-state index is 0.00896. The van der Waals surface area contributed by atoms with Gasteiger partial charge >= 0.3 is 5.69 Å². The van der Waals surface area contributed by atoms with Gasteiger partial charge in [0.15, 0.2) is 5.69 Å². The van der Waals surface area contributed by atoms with Gasteiger partial charge in [0.1, 0.15) is 5.82 Å². The lowest BCUT2D eigenvalue weighted by Crippen LogP contribution is -2.38. The van der Waals surface area contributed by atoms with E-state index in [4.69, 9.17) is 5.73 Å². The molecule has 25 heavy (non-hydrogen) atoms. The van der Waals surface area contributed by atoms with Gasteiger partial charge in [-0.1, -0.05) is 13.3 Å². The van der Waals surface area contributed by atoms with Crippen LogP contribution in [0.5, 0.6) is 0 Å². The van der Waals surface area contributed by atoms with Crippen LogP contribution in [-0.2, 0) is 11.3 Å². The fourth-order valence-corrected chi connectivity index (χ4v) is 3.56. The van der Waals surface area contributed by atoms with Gasteiger partial charge in [-0.2, -0.15) is 0 Å². The second-order valence-corrected chi connectivity index (χ2v) is 7.87. The van der Waals surface area contributed by atoms with Crippen LogP contribution in [0, 0.1) is 0 Å². The van der Waals surface area contributed by atoms with E-state index in [-0.39, 0.29) is 11.5 Å². The Morgan fingerprint density at radius 2 is 2.16 bits per heavy atom. The Morgan fingerprint density at radius 3 is 2.76 bits per heavy atom. The number of carbonyl (C=O) groups excluding carboxylic acids is 1. The SMILES string of the molecule is CCCCn1c(N)c(N(C)C(=O)/C=C/c2ccc(Br)s2)c(=O)[nH]c1=O. The molecule has 2 aromatic rings. The number of rotatable bonds is 6. The summed E-state index contributed by atoms with van der Waals surface area (Å²) < 4.78 is 2.24. The summed E-state index contributed by atoms with van der Waals surface area (Å²) in [6, 6.07) is 3.75. The van der Waals surface area contributed by atoms with Crippen molar-refractivity contribution in [3.8, 4) is 0 Å². The highest BCUT2D eigenvalue weighted by atomic mass is 79.9. The van der Waals surface area contributed by atoms with Crippen LogP contribution in [0.4, 0.5) is 11.5 Å². The number of anilines is 2. The van der Waals surface area contributed by atoms with Gasteiger partial charge < -0.3 is 10.6 Å². The van der Waals surface area contributed by atoms with E-state index in [1.165, 1.54) is 29.0 Å². The fraction of sp³-hybridized carbons (Fsp3) is 0.312. The molecule has 1 amide bonds. The zero-order valence-corrected chi connectivity index (χ0v) is 16.3. The van der Waals surface area contributed by atoms with Crippen molar-refractivity contribution >= 4 is 50.8 Å². The Labute approximate surface area is 156 Å². The van der Waals surface area contributed by atoms with Gasteiger partial charge in [0.25, 0.3) is 11.5 Å². The molecule has 7 nitrogen and oxygen atoms in total. The number of amides is 1. The number of nitrogens with one attached hydrogen (secondary N) is 1. The molecule has 0 radical (unpaired) electrons. The number of aromatic amines is 1. The van der Waals surface area contributed by atoms with Gasteiger partial charge in [0.05, 0.1) is 3.79 Å². The van der Waals surface area contributed by atoms with Crippen molar-refractivity contribution in [2.24, 2.45) is 0 Å². The average Bonchev–Trinajstić information content (AvgIpc) is 2.97. The number of carbonyl (C=O) groups is 1. The van der Waals surface area contributed by atoms with E-state index >= 15 is 0 Å². The number of halogens is 1. The quantitative estimate of drug-likeness (QED) is 0.692. The first kappa shape index (κ1) is 19.2. The van der Waals surface area contributed by atoms with Gasteiger partial charge in [-0.25, -0.2) is 4.79 Å². The molecule has 0 saturated carbocycles. The van der Waals surface area contributed by atoms with E-state index < -0.39 is 17.2 Å². The Kier molecular flexibility index (Phi) is 6.38. The first-order valence-corrected chi connectivity index (χ1v) is 9.29. The Bertz CT molecular complexity index is 913. The van der Waals surface area contributed by atoms with Crippen molar-refractivity contribution < 1.29 is 4.79 Å². The second kappa shape index (κ2) is 8.30. The molecule has 0 aliphatic rings. The predicted molar refractivity (Wildman–Crippen MR) is 105 cm³/mol. The van der Waals surface area contributed by atoms with E-state index in [1.54, 1.807) is 6.08 Å². The second-order valence-electron chi connectivity index (χ2n) is 5.37. The lowest BCUT2D eigenvalue weighted by molar-refractivity contribution is -0.113. The third kappa shape index (κ3) is 4.49. The molecule has 134 valence electrons. The van der Waals surface area contributed by atoms with E-state index in [9.17, 15) is 14.4 Å². The molecule has 0 atom stereocenters. The molecule has 2 heterocycles. The number of likely N-dealkylation sites (N-methyl/N-ethyl adjacent to an activating group) is 1. The molecule has 2 rings (SSSR count). The van der Waals surface area contributed by atoms with Crippen LogP contribution in [0.2, 0.25) is 0 Å². The highest BCUT2D eigenvalue weighted by molar-refractivity contribution is 9.11. The molecule has 0 bridgehead atoms. The first-order chi connectivity index (χ1) is 11.8. The topological polar surface area (TPSA) is 101 Å². The van der Waals surface area contributed by atoms with E-state index in [0.717, 1.165) is 26.4 Å². The van der Waals surface area contributed by atoms with Crippen molar-refractivity contribution in [1.82, 2.24) is 9.55 Å². The summed E-state index contributed by atoms with van der Waals surface area (Å²) in [5.41, 5.74) is 4.71. The zero-order chi connectivity index (χ0) is 18.6. The summed E-state index contributed by atoms with van der Waals surface area (Å²) in [6.07, 6.45) is 4.62. The van der Waals surface area contributed by atoms with Crippen LogP contribution in [0.15, 0.2) is 31.6 Å². The molecule has 0 aliphatic heterocycles. The van der Waals surface area contributed by atoms with Gasteiger partial charge in [-0.3, -0.25) is 19.1 Å². The van der Waals surface area contributed by atoms with Crippen molar-refractivity contribution in [2.75, 3.05) is 17.7 Å². The largest absolute Gasteiger partial charge is 0.383 e. The number of hydrogen-bond donors (Lipinski definition) is 2. The summed E-state index contributed by atoms with van der Waals surface area (Å²) >= 11 is 4.83. The maximum absolute atomic E-state index is 12.4. The van der Waals surface area contributed by atoms with Gasteiger partial charge in [0, 0.05) is 24.5 Å². The first-order valence-electron chi connectivity index (χ1n) is 7.68. The van der Waals surface area contributed by atoms with Crippen LogP contribution in [0.1, 0.15) is 24.6 Å². The number of hydrogen-bond acceptors (Lipinski definition) is 5. The van der Waals surface area contributed by atoms with E-state index in [1.807, 2.05) is 19.1 Å². The van der Waals surface area contributed by atoms with E-state index in [2.05, 4.69) is 20.9 Å². The number of nitrogen functional groups attached to an aromatic ring is 1. The van der Waals surface area contributed by atoms with E-state index in [0.29, 0.717) is 6.54 Å². The standard InChI is InChI=1S/C16H19BrN4O3S/c1-3-4-9-21-14(18)13(15(23)19-16(21)24)20(2)12(22)8-6-10-5-7-11(17)25-10/h5-8H,3-4,9,18H2,1-2H3,(H,19,23,24)/b8-6+. The molecular weight excluding hydrogens is 408 g/mol. The molecule has 0 aromatic carbocycles. The normalized spacial score (nSPS) is 11.2. The Balaban J connectivity index is 2.33. The summed E-state index contributed by atoms with van der Waals surface area (Å²) in [5, 5.41) is 0. The summed E-state index contributed by atoms with van der Waals surface area (Å²) in [4.78, 5) is 40.7. The maximum Gasteiger partial charge on any atom is 0.330 e. The smallest absolute Gasteiger partial charge is 0.330 e. The number of unbranched alkanes of at least 4 members (excludes halogenated alkanes) is 1. The van der Waals surface area contributed by atoms with Crippen molar-refractivity contribution in [2.45, 2.75) is 26.3 Å². The Hall–Kier alpha value is -2.13. The van der Waals surface area contributed by atoms with Gasteiger partial charge in [-0.05, 0) is 40.6 Å². The molecule has 0 fully saturated rings. The molecule has 0 saturated heterocycles. The molecule has 0 aliphatic carbocycles. The molecule has 3 N–H and O–H groups in total. The highest BCUT2D eigenvalue weighted by Gasteiger charge is 2.19. The third-order valence-corrected chi connectivity index (χ3v) is 5.19. The van der Waals surface area contributed by atoms with Crippen LogP contribution in [-0.4, -0.2) is 22.5 Å². The third-order valence-electron chi connectivity index (χ3n) is 3.60. The number of aromatic nitrogens is 2. The molecule has 2 aromatic heterocycles. The van der Waals surface area contributed by atoms with Crippen molar-refractivity contribution in [3.05, 3.63) is 47.7 Å². The van der Waals surface area contributed by atoms with Crippen LogP contribution in [0.25, 0.3) is 6.08 Å². The highest BCUT2D eigenvalue weighted by Crippen LogP contribution is 2.23. The number of nitrogens with zero attached hydrogens (tertiary/aromatic N) is 2. The lowest BCUT2D eigenvalue weighted by Gasteiger charge is -2.19. The molecule has 0 spiro atoms. The van der Waals surface area contributed by atoms with Crippen molar-refractivity contribution in [3.63, 3.8) is 0 Å². The minimum Gasteiger partial charge on any atom is -0.383 e. The molecular formula is C16H19BrN4O3S. The fourth-order valence-electron chi connectivity index (χ4n) is 2.23. The van der Waals surface area contributed by atoms with Crippen LogP contribution in [0.3, 0.4) is 0 Å². The summed E-state index contributed by atoms with van der Waals surface area (Å²) in [6.45, 7) is 2.36.